The third kappa shape index (κ3) is 4.51. The van der Waals surface area contributed by atoms with E-state index in [1.165, 1.54) is 21.5 Å². The average Bonchev–Trinajstić information content (AvgIpc) is 3.88. The highest BCUT2D eigenvalue weighted by molar-refractivity contribution is 6.12. The van der Waals surface area contributed by atoms with Crippen LogP contribution in [-0.2, 0) is 0 Å². The van der Waals surface area contributed by atoms with Crippen molar-refractivity contribution in [3.63, 3.8) is 0 Å². The highest BCUT2D eigenvalue weighted by Gasteiger charge is 2.19. The molecular weight excluding hydrogens is 671 g/mol. The number of nitriles is 2. The Balaban J connectivity index is 1.07. The highest BCUT2D eigenvalue weighted by Crippen LogP contribution is 2.39. The predicted octanol–water partition coefficient (Wildman–Crippen LogP) is 12.4. The predicted molar refractivity (Wildman–Crippen MR) is 224 cm³/mol. The Kier molecular flexibility index (Phi) is 6.61. The maximum atomic E-state index is 10.6. The van der Waals surface area contributed by atoms with Gasteiger partial charge >= 0.3 is 0 Å². The molecule has 0 aliphatic carbocycles. The van der Waals surface area contributed by atoms with Crippen LogP contribution in [0.4, 0.5) is 0 Å². The molecule has 0 saturated carbocycles. The molecule has 0 fully saturated rings. The minimum absolute atomic E-state index is 0.576. The second-order valence-corrected chi connectivity index (χ2v) is 14.0. The van der Waals surface area contributed by atoms with Crippen LogP contribution in [0.3, 0.4) is 0 Å². The third-order valence-corrected chi connectivity index (χ3v) is 11.1. The molecule has 0 aliphatic heterocycles. The lowest BCUT2D eigenvalue weighted by atomic mass is 9.99. The molecule has 0 amide bonds. The van der Waals surface area contributed by atoms with E-state index in [9.17, 15) is 10.5 Å². The summed E-state index contributed by atoms with van der Waals surface area (Å²) in [6.07, 6.45) is 0. The van der Waals surface area contributed by atoms with Gasteiger partial charge in [-0.15, -0.1) is 0 Å². The molecule has 5 nitrogen and oxygen atoms in total. The first-order chi connectivity index (χ1) is 27.2. The van der Waals surface area contributed by atoms with E-state index in [4.69, 9.17) is 0 Å². The largest absolute Gasteiger partial charge is 0.309 e. The molecule has 0 unspecified atom stereocenters. The molecule has 0 bridgehead atoms. The molecule has 254 valence electrons. The molecule has 11 aromatic rings. The van der Waals surface area contributed by atoms with Crippen LogP contribution in [0.1, 0.15) is 11.1 Å². The van der Waals surface area contributed by atoms with Crippen molar-refractivity contribution in [1.29, 1.82) is 10.5 Å². The van der Waals surface area contributed by atoms with Crippen LogP contribution in [0, 0.1) is 22.7 Å². The summed E-state index contributed by atoms with van der Waals surface area (Å²) in [7, 11) is 0. The lowest BCUT2D eigenvalue weighted by Crippen LogP contribution is -1.98. The topological polar surface area (TPSA) is 62.4 Å². The Bertz CT molecular complexity index is 3350. The summed E-state index contributed by atoms with van der Waals surface area (Å²) < 4.78 is 6.81. The SMILES string of the molecule is N#Cc1ccc2c3ccc(-n4c5ccccc5c5ccccc54)cc3n(-c3ccc(-c4ccc(-n5c6ccccc6c6ccccc65)cc4)c(C#N)c3)c2c1. The molecular formula is C50H29N5. The summed E-state index contributed by atoms with van der Waals surface area (Å²) in [6.45, 7) is 0. The van der Waals surface area contributed by atoms with Gasteiger partial charge in [0.25, 0.3) is 0 Å². The zero-order chi connectivity index (χ0) is 36.6. The van der Waals surface area contributed by atoms with Gasteiger partial charge in [0.05, 0.1) is 56.4 Å². The van der Waals surface area contributed by atoms with Gasteiger partial charge in [0.2, 0.25) is 0 Å². The Hall–Kier alpha value is -7.86. The van der Waals surface area contributed by atoms with Crippen LogP contribution in [-0.4, -0.2) is 13.7 Å². The molecule has 0 spiro atoms. The van der Waals surface area contributed by atoms with E-state index in [-0.39, 0.29) is 0 Å². The van der Waals surface area contributed by atoms with Gasteiger partial charge in [-0.1, -0.05) is 103 Å². The Morgan fingerprint density at radius 3 is 1.29 bits per heavy atom. The van der Waals surface area contributed by atoms with Gasteiger partial charge in [-0.2, -0.15) is 10.5 Å². The number of fused-ring (bicyclic) bond motifs is 9. The number of rotatable bonds is 4. The van der Waals surface area contributed by atoms with Gasteiger partial charge in [-0.3, -0.25) is 0 Å². The Morgan fingerprint density at radius 1 is 0.327 bits per heavy atom. The van der Waals surface area contributed by atoms with Crippen molar-refractivity contribution in [1.82, 2.24) is 13.7 Å². The van der Waals surface area contributed by atoms with E-state index in [1.54, 1.807) is 0 Å². The lowest BCUT2D eigenvalue weighted by molar-refractivity contribution is 1.15. The van der Waals surface area contributed by atoms with Gasteiger partial charge < -0.3 is 13.7 Å². The summed E-state index contributed by atoms with van der Waals surface area (Å²) in [5.74, 6) is 0. The van der Waals surface area contributed by atoms with E-state index in [0.29, 0.717) is 11.1 Å². The summed E-state index contributed by atoms with van der Waals surface area (Å²) >= 11 is 0. The van der Waals surface area contributed by atoms with Crippen LogP contribution in [0.25, 0.3) is 93.6 Å². The minimum atomic E-state index is 0.576. The second kappa shape index (κ2) is 11.8. The molecule has 0 atom stereocenters. The summed E-state index contributed by atoms with van der Waals surface area (Å²) in [4.78, 5) is 0. The first kappa shape index (κ1) is 30.7. The van der Waals surface area contributed by atoms with Gasteiger partial charge in [-0.25, -0.2) is 0 Å². The monoisotopic (exact) mass is 699 g/mol. The molecule has 5 heteroatoms. The van der Waals surface area contributed by atoms with Crippen molar-refractivity contribution in [2.45, 2.75) is 0 Å². The molecule has 3 aromatic heterocycles. The smallest absolute Gasteiger partial charge is 0.0998 e. The standard InChI is InChI=1S/C50H29N5/c51-30-32-17-24-43-44-26-23-37(54-47-15-7-3-11-41(47)42-12-4-8-16-48(42)54)29-50(44)55(49(43)27-32)36-22-25-38(34(28-36)31-52)33-18-20-35(21-19-33)53-45-13-5-1-9-39(45)40-10-2-6-14-46(40)53/h1-29H. The minimum Gasteiger partial charge on any atom is -0.309 e. The van der Waals surface area contributed by atoms with E-state index < -0.39 is 0 Å². The fourth-order valence-electron chi connectivity index (χ4n) is 8.70. The Morgan fingerprint density at radius 2 is 0.745 bits per heavy atom. The number of hydrogen-bond acceptors (Lipinski definition) is 2. The second-order valence-electron chi connectivity index (χ2n) is 14.0. The van der Waals surface area contributed by atoms with Crippen molar-refractivity contribution < 1.29 is 0 Å². The maximum Gasteiger partial charge on any atom is 0.0998 e. The zero-order valence-electron chi connectivity index (χ0n) is 29.5. The van der Waals surface area contributed by atoms with E-state index in [2.05, 4.69) is 171 Å². The first-order valence-electron chi connectivity index (χ1n) is 18.3. The van der Waals surface area contributed by atoms with Crippen LogP contribution in [0.5, 0.6) is 0 Å². The quantitative estimate of drug-likeness (QED) is 0.184. The van der Waals surface area contributed by atoms with Crippen molar-refractivity contribution in [2.75, 3.05) is 0 Å². The molecule has 3 heterocycles. The van der Waals surface area contributed by atoms with E-state index in [1.807, 2.05) is 30.3 Å². The van der Waals surface area contributed by atoms with Gasteiger partial charge in [0, 0.05) is 49.4 Å². The molecule has 0 saturated heterocycles. The molecule has 0 radical (unpaired) electrons. The van der Waals surface area contributed by atoms with Gasteiger partial charge in [-0.05, 0) is 83.9 Å². The summed E-state index contributed by atoms with van der Waals surface area (Å²) in [5, 5.41) is 27.5. The summed E-state index contributed by atoms with van der Waals surface area (Å²) in [6, 6.07) is 65.9. The van der Waals surface area contributed by atoms with Crippen molar-refractivity contribution in [2.24, 2.45) is 0 Å². The zero-order valence-corrected chi connectivity index (χ0v) is 29.5. The maximum absolute atomic E-state index is 10.6. The summed E-state index contributed by atoms with van der Waals surface area (Å²) in [5.41, 5.74) is 12.5. The molecule has 0 N–H and O–H groups in total. The van der Waals surface area contributed by atoms with Crippen LogP contribution in [0.15, 0.2) is 176 Å². The molecule has 55 heavy (non-hydrogen) atoms. The fourth-order valence-corrected chi connectivity index (χ4v) is 8.70. The van der Waals surface area contributed by atoms with Crippen molar-refractivity contribution in [3.8, 4) is 40.3 Å². The fraction of sp³-hybridized carbons (Fsp3) is 0. The third-order valence-electron chi connectivity index (χ3n) is 11.1. The number of para-hydroxylation sites is 4. The molecule has 0 aliphatic rings. The van der Waals surface area contributed by atoms with Gasteiger partial charge in [0.1, 0.15) is 0 Å². The molecule has 8 aromatic carbocycles. The van der Waals surface area contributed by atoms with Crippen molar-refractivity contribution in [3.05, 3.63) is 187 Å². The first-order valence-corrected chi connectivity index (χ1v) is 18.3. The molecule has 11 rings (SSSR count). The Labute approximate surface area is 316 Å². The number of aromatic nitrogens is 3. The number of hydrogen-bond donors (Lipinski definition) is 0. The van der Waals surface area contributed by atoms with Crippen LogP contribution < -0.4 is 0 Å². The lowest BCUT2D eigenvalue weighted by Gasteiger charge is -2.13. The average molecular weight is 700 g/mol. The van der Waals surface area contributed by atoms with Crippen LogP contribution in [0.2, 0.25) is 0 Å². The van der Waals surface area contributed by atoms with E-state index >= 15 is 0 Å². The normalized spacial score (nSPS) is 11.6. The number of benzene rings is 8. The number of nitrogens with zero attached hydrogens (tertiary/aromatic N) is 5. The highest BCUT2D eigenvalue weighted by atomic mass is 15.0. The van der Waals surface area contributed by atoms with E-state index in [0.717, 1.165) is 72.1 Å². The van der Waals surface area contributed by atoms with Crippen LogP contribution >= 0.6 is 0 Å². The van der Waals surface area contributed by atoms with Crippen molar-refractivity contribution >= 4 is 65.4 Å². The van der Waals surface area contributed by atoms with Gasteiger partial charge in [0.15, 0.2) is 0 Å².